The number of hydrogen-bond acceptors (Lipinski definition) is 3. The number of carbonyl (C=O) groups excluding carboxylic acids is 1. The molecule has 0 fully saturated rings. The molecule has 1 amide bonds. The van der Waals surface area contributed by atoms with Gasteiger partial charge >= 0.3 is 0 Å². The van der Waals surface area contributed by atoms with Crippen molar-refractivity contribution in [2.75, 3.05) is 6.61 Å². The third kappa shape index (κ3) is 63.0. The average molecular weight is 1060 g/mol. The Morgan fingerprint density at radius 1 is 0.325 bits per heavy atom. The molecule has 0 aliphatic rings. The lowest BCUT2D eigenvalue weighted by molar-refractivity contribution is -0.123. The molecule has 0 saturated heterocycles. The summed E-state index contributed by atoms with van der Waals surface area (Å²) < 4.78 is 0. The summed E-state index contributed by atoms with van der Waals surface area (Å²) in [5.74, 6) is -0.0850. The first kappa shape index (κ1) is 73.3. The molecule has 4 heteroatoms. The SMILES string of the molecule is CC/C=C\C/C=C\C/C=C\C/C=C\C/C=C\C/C=C\C/C=C\C/C=C\C/C=C\CCCCCCCCCCCCCC(=O)NC(CO)C(O)/C=C/CC/C=C/CC/C=C/CCCCCCCCCCCCCCCCCC. The van der Waals surface area contributed by atoms with Crippen molar-refractivity contribution in [2.24, 2.45) is 0 Å². The van der Waals surface area contributed by atoms with Crippen LogP contribution in [0.15, 0.2) is 146 Å². The highest BCUT2D eigenvalue weighted by atomic mass is 16.3. The summed E-state index contributed by atoms with van der Waals surface area (Å²) in [6, 6.07) is -0.658. The molecule has 0 heterocycles. The van der Waals surface area contributed by atoms with Crippen LogP contribution >= 0.6 is 0 Å². The molecule has 0 bridgehead atoms. The summed E-state index contributed by atoms with van der Waals surface area (Å²) in [6.07, 6.45) is 105. The number of amides is 1. The molecular formula is C73H123NO3. The van der Waals surface area contributed by atoms with Gasteiger partial charge in [-0.15, -0.1) is 0 Å². The molecule has 4 nitrogen and oxygen atoms in total. The van der Waals surface area contributed by atoms with Gasteiger partial charge in [0.2, 0.25) is 5.91 Å². The van der Waals surface area contributed by atoms with E-state index in [1.165, 1.54) is 167 Å². The summed E-state index contributed by atoms with van der Waals surface area (Å²) in [5.41, 5.74) is 0. The fourth-order valence-electron chi connectivity index (χ4n) is 9.15. The first-order valence-electron chi connectivity index (χ1n) is 32.5. The fourth-order valence-corrected chi connectivity index (χ4v) is 9.15. The van der Waals surface area contributed by atoms with E-state index in [0.29, 0.717) is 6.42 Å². The molecule has 77 heavy (non-hydrogen) atoms. The smallest absolute Gasteiger partial charge is 0.220 e. The van der Waals surface area contributed by atoms with E-state index in [0.717, 1.165) is 103 Å². The lowest BCUT2D eigenvalue weighted by Gasteiger charge is -2.19. The van der Waals surface area contributed by atoms with Crippen LogP contribution in [-0.4, -0.2) is 34.9 Å². The van der Waals surface area contributed by atoms with Gasteiger partial charge in [-0.1, -0.05) is 314 Å². The van der Waals surface area contributed by atoms with E-state index in [9.17, 15) is 15.0 Å². The minimum Gasteiger partial charge on any atom is -0.394 e. The van der Waals surface area contributed by atoms with Crippen molar-refractivity contribution in [3.8, 4) is 0 Å². The minimum atomic E-state index is -0.882. The van der Waals surface area contributed by atoms with E-state index in [4.69, 9.17) is 0 Å². The Bertz CT molecular complexity index is 1580. The van der Waals surface area contributed by atoms with Crippen LogP contribution < -0.4 is 5.32 Å². The van der Waals surface area contributed by atoms with E-state index >= 15 is 0 Å². The first-order chi connectivity index (χ1) is 38.2. The zero-order valence-corrected chi connectivity index (χ0v) is 50.4. The summed E-state index contributed by atoms with van der Waals surface area (Å²) in [6.45, 7) is 4.19. The third-order valence-electron chi connectivity index (χ3n) is 14.0. The Kier molecular flexibility index (Phi) is 63.3. The maximum absolute atomic E-state index is 12.5. The van der Waals surface area contributed by atoms with Crippen molar-refractivity contribution in [3.63, 3.8) is 0 Å². The van der Waals surface area contributed by atoms with Gasteiger partial charge in [-0.25, -0.2) is 0 Å². The molecule has 438 valence electrons. The number of allylic oxidation sites excluding steroid dienone is 23. The van der Waals surface area contributed by atoms with Crippen LogP contribution in [0.3, 0.4) is 0 Å². The van der Waals surface area contributed by atoms with Crippen molar-refractivity contribution in [2.45, 2.75) is 302 Å². The number of aliphatic hydroxyl groups is 2. The number of nitrogens with one attached hydrogen (secondary N) is 1. The molecule has 0 aliphatic heterocycles. The molecule has 2 atom stereocenters. The van der Waals surface area contributed by atoms with Gasteiger partial charge < -0.3 is 15.5 Å². The molecule has 0 saturated carbocycles. The highest BCUT2D eigenvalue weighted by molar-refractivity contribution is 5.76. The van der Waals surface area contributed by atoms with Gasteiger partial charge in [-0.3, -0.25) is 4.79 Å². The molecule has 0 aromatic carbocycles. The van der Waals surface area contributed by atoms with Crippen LogP contribution in [0, 0.1) is 0 Å². The monoisotopic (exact) mass is 1060 g/mol. The summed E-state index contributed by atoms with van der Waals surface area (Å²) in [4.78, 5) is 12.5. The molecule has 0 aromatic rings. The van der Waals surface area contributed by atoms with Gasteiger partial charge in [0, 0.05) is 6.42 Å². The van der Waals surface area contributed by atoms with Gasteiger partial charge in [-0.2, -0.15) is 0 Å². The van der Waals surface area contributed by atoms with Crippen molar-refractivity contribution in [3.05, 3.63) is 146 Å². The van der Waals surface area contributed by atoms with Gasteiger partial charge in [0.25, 0.3) is 0 Å². The van der Waals surface area contributed by atoms with Gasteiger partial charge in [0.15, 0.2) is 0 Å². The minimum absolute atomic E-state index is 0.0850. The lowest BCUT2D eigenvalue weighted by atomic mass is 10.0. The third-order valence-corrected chi connectivity index (χ3v) is 14.0. The largest absolute Gasteiger partial charge is 0.394 e. The number of hydrogen-bond donors (Lipinski definition) is 3. The van der Waals surface area contributed by atoms with Crippen molar-refractivity contribution in [1.82, 2.24) is 5.32 Å². The normalized spacial score (nSPS) is 13.8. The number of aliphatic hydroxyl groups excluding tert-OH is 2. The molecule has 0 spiro atoms. The van der Waals surface area contributed by atoms with Crippen LogP contribution in [0.4, 0.5) is 0 Å². The second-order valence-electron chi connectivity index (χ2n) is 21.4. The Morgan fingerprint density at radius 2 is 0.584 bits per heavy atom. The molecule has 2 unspecified atom stereocenters. The van der Waals surface area contributed by atoms with E-state index in [-0.39, 0.29) is 12.5 Å². The van der Waals surface area contributed by atoms with Gasteiger partial charge in [0.1, 0.15) is 0 Å². The highest BCUT2D eigenvalue weighted by Crippen LogP contribution is 2.16. The van der Waals surface area contributed by atoms with E-state index in [1.807, 2.05) is 6.08 Å². The van der Waals surface area contributed by atoms with Crippen molar-refractivity contribution < 1.29 is 15.0 Å². The van der Waals surface area contributed by atoms with E-state index < -0.39 is 12.1 Å². The van der Waals surface area contributed by atoms with Crippen molar-refractivity contribution >= 4 is 5.91 Å². The van der Waals surface area contributed by atoms with E-state index in [1.54, 1.807) is 6.08 Å². The van der Waals surface area contributed by atoms with Gasteiger partial charge in [0.05, 0.1) is 18.8 Å². The van der Waals surface area contributed by atoms with Crippen LogP contribution in [0.1, 0.15) is 290 Å². The number of carbonyl (C=O) groups is 1. The highest BCUT2D eigenvalue weighted by Gasteiger charge is 2.18. The predicted molar refractivity (Wildman–Crippen MR) is 345 cm³/mol. The van der Waals surface area contributed by atoms with Crippen LogP contribution in [-0.2, 0) is 4.79 Å². The van der Waals surface area contributed by atoms with Crippen LogP contribution in [0.25, 0.3) is 0 Å². The Balaban J connectivity index is 3.62. The van der Waals surface area contributed by atoms with Gasteiger partial charge in [-0.05, 0) is 116 Å². The zero-order valence-electron chi connectivity index (χ0n) is 50.4. The lowest BCUT2D eigenvalue weighted by Crippen LogP contribution is -2.45. The van der Waals surface area contributed by atoms with E-state index in [2.05, 4.69) is 153 Å². The molecular weight excluding hydrogens is 939 g/mol. The molecule has 0 aliphatic carbocycles. The maximum Gasteiger partial charge on any atom is 0.220 e. The summed E-state index contributed by atoms with van der Waals surface area (Å²) in [7, 11) is 0. The first-order valence-corrected chi connectivity index (χ1v) is 32.5. The molecule has 0 radical (unpaired) electrons. The second kappa shape index (κ2) is 66.5. The quantitative estimate of drug-likeness (QED) is 0.0420. The Morgan fingerprint density at radius 3 is 0.909 bits per heavy atom. The predicted octanol–water partition coefficient (Wildman–Crippen LogP) is 22.3. The summed E-state index contributed by atoms with van der Waals surface area (Å²) in [5, 5.41) is 23.2. The van der Waals surface area contributed by atoms with Crippen molar-refractivity contribution in [1.29, 1.82) is 0 Å². The summed E-state index contributed by atoms with van der Waals surface area (Å²) >= 11 is 0. The Labute approximate surface area is 478 Å². The van der Waals surface area contributed by atoms with Crippen LogP contribution in [0.5, 0.6) is 0 Å². The maximum atomic E-state index is 12.5. The number of rotatable bonds is 58. The molecule has 0 rings (SSSR count). The van der Waals surface area contributed by atoms with Crippen LogP contribution in [0.2, 0.25) is 0 Å². The topological polar surface area (TPSA) is 69.6 Å². The molecule has 3 N–H and O–H groups in total. The Hall–Kier alpha value is -3.73. The number of unbranched alkanes of at least 4 members (excludes halogenated alkanes) is 29. The standard InChI is InChI=1S/C73H123NO3/c1-3-5-7-9-11-13-15-17-19-21-23-25-27-29-31-32-33-34-35-36-37-38-39-40-41-42-43-45-47-49-51-53-55-57-59-61-63-65-67-69-73(77)74-71(70-75)72(76)68-66-64-62-60-58-56-54-52-50-48-46-44-30-28-26-24-22-20-18-16-14-12-10-8-6-4-2/h5,7,11,13,17,19,23,25,29,31,33-34,36-37,39-40,42-43,50,52,58,60,66,68,71-72,75-76H,3-4,6,8-10,12,14-16,18,20-22,24,26-28,30,32,35,38,41,44-49,51,53-57,59,61-65,67,69-70H2,1-2H3,(H,74,77)/b7-5-,13-11-,19-17-,25-23-,31-29-,34-33-,37-36-,40-39-,43-42-,52-50+,60-58+,68-66+. The average Bonchev–Trinajstić information content (AvgIpc) is 3.43. The second-order valence-corrected chi connectivity index (χ2v) is 21.4. The fraction of sp³-hybridized carbons (Fsp3) is 0.658. The zero-order chi connectivity index (χ0) is 55.5. The molecule has 0 aromatic heterocycles.